The Balaban J connectivity index is 0.00000124. The Morgan fingerprint density at radius 3 is 2.47 bits per heavy atom. The maximum atomic E-state index is 12.7. The third-order valence-electron chi connectivity index (χ3n) is 3.65. The van der Waals surface area contributed by atoms with Crippen LogP contribution in [0.5, 0.6) is 0 Å². The Labute approximate surface area is 174 Å². The number of nitrogens with zero attached hydrogens (tertiary/aromatic N) is 6. The third kappa shape index (κ3) is 4.98. The minimum absolute atomic E-state index is 0.101. The molecule has 0 spiro atoms. The summed E-state index contributed by atoms with van der Waals surface area (Å²) in [6.45, 7) is 4.42. The summed E-state index contributed by atoms with van der Waals surface area (Å²) in [7, 11) is 0. The standard InChI is InChI=1S/C17H11F3N6OS.C2H6/c18-17(19,20)16-24-15(25-27-16)13-4-3-12(28-13)10-26(11-2-1-5-21-8-11)14-9-22-6-7-23-14;1-2/h1-9H,10H2;1-2H3. The molecule has 0 saturated heterocycles. The molecule has 4 rings (SSSR count). The van der Waals surface area contributed by atoms with Crippen LogP contribution in [0.3, 0.4) is 0 Å². The van der Waals surface area contributed by atoms with Gasteiger partial charge in [0, 0.05) is 23.5 Å². The molecule has 0 aliphatic heterocycles. The Bertz CT molecular complexity index is 1010. The Hall–Kier alpha value is -3.34. The molecule has 4 aromatic heterocycles. The van der Waals surface area contributed by atoms with Crippen LogP contribution in [0.2, 0.25) is 0 Å². The summed E-state index contributed by atoms with van der Waals surface area (Å²) in [6, 6.07) is 7.13. The van der Waals surface area contributed by atoms with Crippen LogP contribution in [-0.2, 0) is 12.7 Å². The first kappa shape index (κ1) is 21.4. The van der Waals surface area contributed by atoms with Crippen molar-refractivity contribution in [3.8, 4) is 10.7 Å². The van der Waals surface area contributed by atoms with Gasteiger partial charge < -0.3 is 9.42 Å². The number of halogens is 3. The van der Waals surface area contributed by atoms with E-state index in [-0.39, 0.29) is 5.82 Å². The summed E-state index contributed by atoms with van der Waals surface area (Å²) in [4.78, 5) is 19.2. The fourth-order valence-electron chi connectivity index (χ4n) is 2.43. The first-order valence-corrected chi connectivity index (χ1v) is 9.76. The van der Waals surface area contributed by atoms with E-state index in [9.17, 15) is 13.2 Å². The van der Waals surface area contributed by atoms with E-state index in [1.54, 1.807) is 49.2 Å². The molecule has 0 unspecified atom stereocenters. The highest BCUT2D eigenvalue weighted by Crippen LogP contribution is 2.33. The maximum Gasteiger partial charge on any atom is 0.471 e. The van der Waals surface area contributed by atoms with Gasteiger partial charge in [-0.2, -0.15) is 18.2 Å². The summed E-state index contributed by atoms with van der Waals surface area (Å²) in [6.07, 6.45) is 3.46. The summed E-state index contributed by atoms with van der Waals surface area (Å²) >= 11 is 1.26. The van der Waals surface area contributed by atoms with Crippen molar-refractivity contribution in [3.63, 3.8) is 0 Å². The van der Waals surface area contributed by atoms with E-state index in [1.807, 2.05) is 24.8 Å². The van der Waals surface area contributed by atoms with Gasteiger partial charge in [-0.3, -0.25) is 9.97 Å². The summed E-state index contributed by atoms with van der Waals surface area (Å²) in [5.74, 6) is -0.852. The highest BCUT2D eigenvalue weighted by Gasteiger charge is 2.38. The molecule has 0 aromatic carbocycles. The van der Waals surface area contributed by atoms with Crippen molar-refractivity contribution in [2.24, 2.45) is 0 Å². The molecule has 0 fully saturated rings. The highest BCUT2D eigenvalue weighted by molar-refractivity contribution is 7.15. The van der Waals surface area contributed by atoms with Crippen LogP contribution >= 0.6 is 11.3 Å². The van der Waals surface area contributed by atoms with Crippen molar-refractivity contribution in [3.05, 3.63) is 66.0 Å². The Morgan fingerprint density at radius 2 is 1.83 bits per heavy atom. The second-order valence-corrected chi connectivity index (χ2v) is 6.72. The van der Waals surface area contributed by atoms with E-state index >= 15 is 0 Å². The molecule has 0 aliphatic carbocycles. The molecule has 7 nitrogen and oxygen atoms in total. The first-order valence-electron chi connectivity index (χ1n) is 8.94. The van der Waals surface area contributed by atoms with Gasteiger partial charge in [0.1, 0.15) is 0 Å². The number of alkyl halides is 3. The fraction of sp³-hybridized carbons (Fsp3) is 0.211. The fourth-order valence-corrected chi connectivity index (χ4v) is 3.35. The van der Waals surface area contributed by atoms with E-state index in [4.69, 9.17) is 0 Å². The largest absolute Gasteiger partial charge is 0.471 e. The quantitative estimate of drug-likeness (QED) is 0.418. The average Bonchev–Trinajstić information content (AvgIpc) is 3.44. The van der Waals surface area contributed by atoms with Gasteiger partial charge in [-0.05, 0) is 24.3 Å². The van der Waals surface area contributed by atoms with E-state index in [1.165, 1.54) is 11.3 Å². The van der Waals surface area contributed by atoms with Crippen LogP contribution in [0.15, 0.2) is 59.8 Å². The minimum atomic E-state index is -4.67. The zero-order chi connectivity index (χ0) is 21.6. The zero-order valence-corrected chi connectivity index (χ0v) is 16.9. The summed E-state index contributed by atoms with van der Waals surface area (Å²) in [5.41, 5.74) is 0.803. The van der Waals surface area contributed by atoms with E-state index in [2.05, 4.69) is 29.6 Å². The molecular weight excluding hydrogens is 417 g/mol. The van der Waals surface area contributed by atoms with Crippen LogP contribution in [0, 0.1) is 0 Å². The average molecular weight is 434 g/mol. The van der Waals surface area contributed by atoms with Crippen molar-refractivity contribution < 1.29 is 17.7 Å². The predicted octanol–water partition coefficient (Wildman–Crippen LogP) is 5.37. The van der Waals surface area contributed by atoms with Gasteiger partial charge in [-0.25, -0.2) is 4.98 Å². The van der Waals surface area contributed by atoms with Crippen molar-refractivity contribution in [2.45, 2.75) is 26.6 Å². The SMILES string of the molecule is CC.FC(F)(F)c1nc(-c2ccc(CN(c3cccnc3)c3cnccn3)s2)no1. The van der Waals surface area contributed by atoms with Crippen LogP contribution in [0.25, 0.3) is 10.7 Å². The number of anilines is 2. The monoisotopic (exact) mass is 434 g/mol. The second-order valence-electron chi connectivity index (χ2n) is 5.55. The van der Waals surface area contributed by atoms with Crippen LogP contribution in [0.1, 0.15) is 24.6 Å². The number of hydrogen-bond acceptors (Lipinski definition) is 8. The highest BCUT2D eigenvalue weighted by atomic mass is 32.1. The molecule has 4 heterocycles. The Morgan fingerprint density at radius 1 is 1.03 bits per heavy atom. The summed E-state index contributed by atoms with van der Waals surface area (Å²) < 4.78 is 42.2. The zero-order valence-electron chi connectivity index (χ0n) is 16.0. The van der Waals surface area contributed by atoms with E-state index in [0.717, 1.165) is 10.6 Å². The lowest BCUT2D eigenvalue weighted by Gasteiger charge is -2.22. The van der Waals surface area contributed by atoms with Crippen LogP contribution in [-0.4, -0.2) is 25.1 Å². The lowest BCUT2D eigenvalue weighted by Crippen LogP contribution is -2.17. The predicted molar refractivity (Wildman–Crippen MR) is 106 cm³/mol. The molecule has 0 N–H and O–H groups in total. The molecule has 0 bridgehead atoms. The van der Waals surface area contributed by atoms with E-state index in [0.29, 0.717) is 17.2 Å². The number of aromatic nitrogens is 5. The van der Waals surface area contributed by atoms with Crippen molar-refractivity contribution in [1.29, 1.82) is 0 Å². The van der Waals surface area contributed by atoms with Gasteiger partial charge in [0.25, 0.3) is 0 Å². The van der Waals surface area contributed by atoms with Crippen LogP contribution in [0.4, 0.5) is 24.7 Å². The third-order valence-corrected chi connectivity index (χ3v) is 4.71. The van der Waals surface area contributed by atoms with Gasteiger partial charge in [0.2, 0.25) is 5.82 Å². The number of hydrogen-bond donors (Lipinski definition) is 0. The smallest absolute Gasteiger partial charge is 0.329 e. The molecule has 0 saturated carbocycles. The first-order chi connectivity index (χ1) is 14.5. The Kier molecular flexibility index (Phi) is 6.72. The second kappa shape index (κ2) is 9.44. The van der Waals surface area contributed by atoms with E-state index < -0.39 is 12.1 Å². The lowest BCUT2D eigenvalue weighted by molar-refractivity contribution is -0.159. The normalized spacial score (nSPS) is 11.0. The number of rotatable bonds is 5. The van der Waals surface area contributed by atoms with Gasteiger partial charge in [0.05, 0.1) is 29.5 Å². The molecule has 30 heavy (non-hydrogen) atoms. The van der Waals surface area contributed by atoms with Crippen LogP contribution < -0.4 is 4.90 Å². The number of pyridine rings is 1. The minimum Gasteiger partial charge on any atom is -0.329 e. The molecule has 0 aliphatic rings. The molecule has 0 radical (unpaired) electrons. The van der Waals surface area contributed by atoms with Crippen molar-refractivity contribution >= 4 is 22.8 Å². The molecule has 11 heteroatoms. The maximum absolute atomic E-state index is 12.7. The number of thiophene rings is 1. The lowest BCUT2D eigenvalue weighted by atomic mass is 10.3. The van der Waals surface area contributed by atoms with Gasteiger partial charge in [-0.1, -0.05) is 19.0 Å². The van der Waals surface area contributed by atoms with Gasteiger partial charge in [-0.15, -0.1) is 11.3 Å². The van der Waals surface area contributed by atoms with Gasteiger partial charge in [0.15, 0.2) is 5.82 Å². The molecule has 156 valence electrons. The topological polar surface area (TPSA) is 80.8 Å². The van der Waals surface area contributed by atoms with Crippen molar-refractivity contribution in [1.82, 2.24) is 25.1 Å². The summed E-state index contributed by atoms with van der Waals surface area (Å²) in [5, 5.41) is 3.42. The van der Waals surface area contributed by atoms with Gasteiger partial charge >= 0.3 is 12.1 Å². The molecular formula is C19H17F3N6OS. The molecule has 4 aromatic rings. The molecule has 0 atom stereocenters. The molecule has 0 amide bonds. The van der Waals surface area contributed by atoms with Crippen molar-refractivity contribution in [2.75, 3.05) is 4.90 Å².